The lowest BCUT2D eigenvalue weighted by Gasteiger charge is -2.39. The van der Waals surface area contributed by atoms with Gasteiger partial charge in [-0.25, -0.2) is 4.79 Å². The lowest BCUT2D eigenvalue weighted by molar-refractivity contribution is -0.124. The van der Waals surface area contributed by atoms with Gasteiger partial charge in [0.15, 0.2) is 0 Å². The van der Waals surface area contributed by atoms with Crippen molar-refractivity contribution in [1.29, 1.82) is 0 Å². The molecule has 190 valence electrons. The van der Waals surface area contributed by atoms with Crippen molar-refractivity contribution < 1.29 is 19.4 Å². The minimum atomic E-state index is -0.960. The van der Waals surface area contributed by atoms with Crippen LogP contribution in [0.2, 0.25) is 0 Å². The number of hydrogen-bond acceptors (Lipinski definition) is 6. The van der Waals surface area contributed by atoms with Gasteiger partial charge in [-0.05, 0) is 68.8 Å². The van der Waals surface area contributed by atoms with Crippen LogP contribution in [0, 0.1) is 11.8 Å². The van der Waals surface area contributed by atoms with Crippen LogP contribution in [-0.2, 0) is 10.2 Å². The maximum atomic E-state index is 14.0. The summed E-state index contributed by atoms with van der Waals surface area (Å²) in [5.41, 5.74) is 0.394. The van der Waals surface area contributed by atoms with Gasteiger partial charge in [-0.2, -0.15) is 10.2 Å². The fourth-order valence-electron chi connectivity index (χ4n) is 5.24. The topological polar surface area (TPSA) is 92.6 Å². The van der Waals surface area contributed by atoms with Gasteiger partial charge in [-0.3, -0.25) is 4.79 Å². The molecule has 2 aliphatic carbocycles. The standard InChI is InChI=1S/C27H37N3O4S/c1-17-5-7-18(8-6-17)25(31)30(22-15-23(27(2,3)4)35-24(22)26(32)33)19-9-11-20(12-10-19)34-21-13-14-28-29-16-21/h13-20H,5-12H2,1-4H3,(H,32,33). The number of carboxylic acids is 1. The Balaban J connectivity index is 1.60. The average Bonchev–Trinajstić information content (AvgIpc) is 3.27. The number of aromatic nitrogens is 2. The monoisotopic (exact) mass is 499 g/mol. The van der Waals surface area contributed by atoms with E-state index in [2.05, 4.69) is 37.9 Å². The molecule has 2 aromatic rings. The molecule has 0 saturated heterocycles. The van der Waals surface area contributed by atoms with Crippen LogP contribution in [0.3, 0.4) is 0 Å². The van der Waals surface area contributed by atoms with E-state index >= 15 is 0 Å². The number of anilines is 1. The molecule has 0 atom stereocenters. The third-order valence-electron chi connectivity index (χ3n) is 7.38. The quantitative estimate of drug-likeness (QED) is 0.517. The smallest absolute Gasteiger partial charge is 0.348 e. The van der Waals surface area contributed by atoms with Crippen molar-refractivity contribution in [2.24, 2.45) is 11.8 Å². The normalized spacial score (nSPS) is 25.1. The zero-order valence-electron chi connectivity index (χ0n) is 21.2. The Bertz CT molecular complexity index is 1020. The molecule has 8 heteroatoms. The van der Waals surface area contributed by atoms with Crippen molar-refractivity contribution in [2.75, 3.05) is 4.90 Å². The highest BCUT2D eigenvalue weighted by Crippen LogP contribution is 2.42. The number of carboxylic acid groups (broad SMARTS) is 1. The molecule has 35 heavy (non-hydrogen) atoms. The fourth-order valence-corrected chi connectivity index (χ4v) is 6.29. The van der Waals surface area contributed by atoms with Crippen molar-refractivity contribution in [1.82, 2.24) is 10.2 Å². The molecule has 2 aliphatic rings. The van der Waals surface area contributed by atoms with Gasteiger partial charge >= 0.3 is 5.97 Å². The average molecular weight is 500 g/mol. The summed E-state index contributed by atoms with van der Waals surface area (Å²) in [7, 11) is 0. The van der Waals surface area contributed by atoms with E-state index in [1.165, 1.54) is 11.3 Å². The molecule has 0 radical (unpaired) electrons. The Morgan fingerprint density at radius 1 is 1.06 bits per heavy atom. The summed E-state index contributed by atoms with van der Waals surface area (Å²) in [5.74, 6) is 0.445. The van der Waals surface area contributed by atoms with Crippen LogP contribution in [-0.4, -0.2) is 39.3 Å². The molecular formula is C27H37N3O4S. The van der Waals surface area contributed by atoms with Gasteiger partial charge in [0.25, 0.3) is 0 Å². The van der Waals surface area contributed by atoms with Gasteiger partial charge in [0.05, 0.1) is 24.2 Å². The maximum absolute atomic E-state index is 14.0. The SMILES string of the molecule is CC1CCC(C(=O)N(c2cc(C(C)(C)C)sc2C(=O)O)C2CCC(Oc3ccnnc3)CC2)CC1. The van der Waals surface area contributed by atoms with Crippen molar-refractivity contribution in [3.63, 3.8) is 0 Å². The summed E-state index contributed by atoms with van der Waals surface area (Å²) in [4.78, 5) is 29.4. The van der Waals surface area contributed by atoms with E-state index in [9.17, 15) is 14.7 Å². The molecule has 2 heterocycles. The van der Waals surface area contributed by atoms with Crippen LogP contribution in [0.15, 0.2) is 24.5 Å². The lowest BCUT2D eigenvalue weighted by atomic mass is 9.81. The predicted octanol–water partition coefficient (Wildman–Crippen LogP) is 6.08. The molecular weight excluding hydrogens is 462 g/mol. The number of carbonyl (C=O) groups is 2. The van der Waals surface area contributed by atoms with E-state index in [0.717, 1.165) is 56.2 Å². The summed E-state index contributed by atoms with van der Waals surface area (Å²) in [6.07, 6.45) is 10.3. The Morgan fingerprint density at radius 2 is 1.74 bits per heavy atom. The number of hydrogen-bond donors (Lipinski definition) is 1. The first-order chi connectivity index (χ1) is 16.6. The molecule has 2 fully saturated rings. The highest BCUT2D eigenvalue weighted by molar-refractivity contribution is 7.14. The zero-order chi connectivity index (χ0) is 25.2. The van der Waals surface area contributed by atoms with Crippen molar-refractivity contribution in [3.8, 4) is 5.75 Å². The minimum Gasteiger partial charge on any atom is -0.489 e. The summed E-state index contributed by atoms with van der Waals surface area (Å²) >= 11 is 1.30. The number of carbonyl (C=O) groups excluding carboxylic acids is 1. The third kappa shape index (κ3) is 6.02. The number of thiophene rings is 1. The second-order valence-corrected chi connectivity index (χ2v) is 12.2. The van der Waals surface area contributed by atoms with Gasteiger partial charge in [0.2, 0.25) is 5.91 Å². The van der Waals surface area contributed by atoms with Crippen LogP contribution in [0.5, 0.6) is 5.75 Å². The van der Waals surface area contributed by atoms with Gasteiger partial charge in [0, 0.05) is 22.9 Å². The Kier molecular flexibility index (Phi) is 7.79. The molecule has 0 spiro atoms. The molecule has 2 saturated carbocycles. The van der Waals surface area contributed by atoms with Crippen LogP contribution in [0.1, 0.15) is 93.6 Å². The number of aromatic carboxylic acids is 1. The summed E-state index contributed by atoms with van der Waals surface area (Å²) in [6, 6.07) is 3.73. The van der Waals surface area contributed by atoms with Crippen molar-refractivity contribution in [3.05, 3.63) is 34.3 Å². The van der Waals surface area contributed by atoms with E-state index in [-0.39, 0.29) is 34.3 Å². The van der Waals surface area contributed by atoms with Gasteiger partial charge in [-0.15, -0.1) is 11.3 Å². The second kappa shape index (κ2) is 10.6. The summed E-state index contributed by atoms with van der Waals surface area (Å²) in [5, 5.41) is 17.7. The fraction of sp³-hybridized carbons (Fsp3) is 0.630. The maximum Gasteiger partial charge on any atom is 0.348 e. The van der Waals surface area contributed by atoms with E-state index in [0.29, 0.717) is 17.4 Å². The molecule has 0 bridgehead atoms. The first kappa shape index (κ1) is 25.6. The number of nitrogens with zero attached hydrogens (tertiary/aromatic N) is 3. The van der Waals surface area contributed by atoms with E-state index in [1.807, 2.05) is 11.0 Å². The van der Waals surface area contributed by atoms with E-state index < -0.39 is 5.97 Å². The number of ether oxygens (including phenoxy) is 1. The van der Waals surface area contributed by atoms with Crippen LogP contribution >= 0.6 is 11.3 Å². The van der Waals surface area contributed by atoms with E-state index in [4.69, 9.17) is 4.74 Å². The van der Waals surface area contributed by atoms with Gasteiger partial charge < -0.3 is 14.7 Å². The van der Waals surface area contributed by atoms with Crippen LogP contribution < -0.4 is 9.64 Å². The highest BCUT2D eigenvalue weighted by Gasteiger charge is 2.38. The Morgan fingerprint density at radius 3 is 2.31 bits per heavy atom. The second-order valence-electron chi connectivity index (χ2n) is 11.2. The lowest BCUT2D eigenvalue weighted by Crippen LogP contribution is -2.47. The van der Waals surface area contributed by atoms with Crippen molar-refractivity contribution >= 4 is 28.9 Å². The minimum absolute atomic E-state index is 0.0298. The van der Waals surface area contributed by atoms with Gasteiger partial charge in [0.1, 0.15) is 10.6 Å². The number of amides is 1. The molecule has 4 rings (SSSR count). The molecule has 0 aromatic carbocycles. The first-order valence-electron chi connectivity index (χ1n) is 12.8. The van der Waals surface area contributed by atoms with Crippen LogP contribution in [0.4, 0.5) is 5.69 Å². The van der Waals surface area contributed by atoms with Gasteiger partial charge in [-0.1, -0.05) is 27.7 Å². The third-order valence-corrected chi connectivity index (χ3v) is 8.91. The molecule has 7 nitrogen and oxygen atoms in total. The molecule has 1 amide bonds. The summed E-state index contributed by atoms with van der Waals surface area (Å²) in [6.45, 7) is 8.49. The Hall–Kier alpha value is -2.48. The summed E-state index contributed by atoms with van der Waals surface area (Å²) < 4.78 is 6.09. The zero-order valence-corrected chi connectivity index (χ0v) is 22.0. The molecule has 2 aromatic heterocycles. The first-order valence-corrected chi connectivity index (χ1v) is 13.6. The number of rotatable bonds is 6. The molecule has 0 aliphatic heterocycles. The van der Waals surface area contributed by atoms with Crippen LogP contribution in [0.25, 0.3) is 0 Å². The van der Waals surface area contributed by atoms with E-state index in [1.54, 1.807) is 18.5 Å². The highest BCUT2D eigenvalue weighted by atomic mass is 32.1. The largest absolute Gasteiger partial charge is 0.489 e. The van der Waals surface area contributed by atoms with Crippen molar-refractivity contribution in [2.45, 2.75) is 96.6 Å². The Labute approximate surface area is 211 Å². The molecule has 0 unspecified atom stereocenters. The molecule has 1 N–H and O–H groups in total. The predicted molar refractivity (Wildman–Crippen MR) is 137 cm³/mol.